The van der Waals surface area contributed by atoms with Crippen LogP contribution in [0.15, 0.2) is 24.4 Å². The lowest BCUT2D eigenvalue weighted by molar-refractivity contribution is -0.121. The maximum Gasteiger partial charge on any atom is 0.243 e. The number of amides is 1. The molecule has 1 aliphatic heterocycles. The summed E-state index contributed by atoms with van der Waals surface area (Å²) in [5.74, 6) is 0.844. The summed E-state index contributed by atoms with van der Waals surface area (Å²) in [6.07, 6.45) is 1.93. The zero-order valence-corrected chi connectivity index (χ0v) is 17.9. The molecule has 3 N–H and O–H groups in total. The first kappa shape index (κ1) is 19.7. The number of halogens is 1. The minimum atomic E-state index is -0.504. The van der Waals surface area contributed by atoms with Gasteiger partial charge in [-0.05, 0) is 26.0 Å². The molecule has 160 valence electrons. The Morgan fingerprint density at radius 3 is 2.94 bits per heavy atom. The molecule has 4 aromatic rings. The number of benzene rings is 1. The summed E-state index contributed by atoms with van der Waals surface area (Å²) in [5, 5.41) is 19.8. The van der Waals surface area contributed by atoms with Crippen molar-refractivity contribution >= 4 is 40.0 Å². The number of nitrogens with zero attached hydrogens (tertiary/aromatic N) is 6. The van der Waals surface area contributed by atoms with Gasteiger partial charge in [0.05, 0.1) is 21.8 Å². The number of carbonyl (C=O) groups excluding carboxylic acids is 1. The minimum Gasteiger partial charge on any atom is -0.353 e. The first-order valence-electron chi connectivity index (χ1n) is 10.2. The molecule has 31 heavy (non-hydrogen) atoms. The molecule has 0 unspecified atom stereocenters. The molecule has 3 aromatic heterocycles. The lowest BCUT2D eigenvalue weighted by atomic mass is 10.2. The van der Waals surface area contributed by atoms with Gasteiger partial charge in [0.25, 0.3) is 0 Å². The summed E-state index contributed by atoms with van der Waals surface area (Å²) in [6, 6.07) is 5.05. The van der Waals surface area contributed by atoms with Crippen molar-refractivity contribution in [1.29, 1.82) is 0 Å². The average Bonchev–Trinajstić information content (AvgIpc) is 3.31. The second-order valence-corrected chi connectivity index (χ2v) is 7.83. The minimum absolute atomic E-state index is 0.0976. The van der Waals surface area contributed by atoms with Crippen LogP contribution in [0.4, 0.5) is 5.95 Å². The molecule has 1 atom stereocenters. The van der Waals surface area contributed by atoms with Gasteiger partial charge in [-0.25, -0.2) is 9.97 Å². The summed E-state index contributed by atoms with van der Waals surface area (Å²) in [5.41, 5.74) is 2.90. The van der Waals surface area contributed by atoms with E-state index in [1.54, 1.807) is 10.6 Å². The van der Waals surface area contributed by atoms with Crippen molar-refractivity contribution in [1.82, 2.24) is 40.0 Å². The molecule has 1 saturated heterocycles. The van der Waals surface area contributed by atoms with E-state index < -0.39 is 6.04 Å². The highest BCUT2D eigenvalue weighted by Gasteiger charge is 2.24. The van der Waals surface area contributed by atoms with Gasteiger partial charge in [-0.3, -0.25) is 9.48 Å². The molecule has 1 aromatic carbocycles. The zero-order valence-electron chi connectivity index (χ0n) is 17.2. The van der Waals surface area contributed by atoms with E-state index in [0.717, 1.165) is 23.2 Å². The Balaban J connectivity index is 1.69. The fourth-order valence-electron chi connectivity index (χ4n) is 3.71. The standard InChI is InChI=1S/C20H22ClN9O/c1-3-29-10-13(11(2)27-29)17-26-18-12-5-4-6-14(21)16(12)25-20(30(18)28-17)24-15-9-22-7-8-23-19(15)31/h4-6,10,15,22H,3,7-9H2,1-2H3,(H,23,31)(H,24,25)/t15-/m1/s1. The van der Waals surface area contributed by atoms with Crippen LogP contribution in [0.1, 0.15) is 12.6 Å². The van der Waals surface area contributed by atoms with Crippen LogP contribution in [0.2, 0.25) is 5.02 Å². The summed E-state index contributed by atoms with van der Waals surface area (Å²) in [4.78, 5) is 22.0. The van der Waals surface area contributed by atoms with Crippen LogP contribution in [-0.2, 0) is 11.3 Å². The lowest BCUT2D eigenvalue weighted by Gasteiger charge is -2.16. The van der Waals surface area contributed by atoms with Gasteiger partial charge in [0, 0.05) is 37.8 Å². The Morgan fingerprint density at radius 2 is 2.13 bits per heavy atom. The molecule has 0 spiro atoms. The molecule has 0 saturated carbocycles. The molecular weight excluding hydrogens is 418 g/mol. The van der Waals surface area contributed by atoms with E-state index in [-0.39, 0.29) is 5.91 Å². The number of aromatic nitrogens is 6. The van der Waals surface area contributed by atoms with Crippen molar-refractivity contribution in [3.05, 3.63) is 35.1 Å². The number of hydrogen-bond donors (Lipinski definition) is 3. The smallest absolute Gasteiger partial charge is 0.243 e. The quantitative estimate of drug-likeness (QED) is 0.442. The maximum absolute atomic E-state index is 12.5. The van der Waals surface area contributed by atoms with Gasteiger partial charge in [-0.1, -0.05) is 17.7 Å². The molecule has 1 fully saturated rings. The Labute approximate surface area is 183 Å². The topological polar surface area (TPSA) is 114 Å². The molecule has 5 rings (SSSR count). The van der Waals surface area contributed by atoms with Crippen molar-refractivity contribution in [2.45, 2.75) is 26.4 Å². The number of hydrogen-bond acceptors (Lipinski definition) is 7. The third kappa shape index (κ3) is 3.47. The normalized spacial score (nSPS) is 17.1. The summed E-state index contributed by atoms with van der Waals surface area (Å²) >= 11 is 6.45. The molecule has 1 aliphatic rings. The average molecular weight is 440 g/mol. The van der Waals surface area contributed by atoms with E-state index in [0.29, 0.717) is 47.6 Å². The SMILES string of the molecule is CCn1cc(-c2nc3c4cccc(Cl)c4nc(N[C@@H]4CNCCNC4=O)n3n2)c(C)n1. The number of carbonyl (C=O) groups is 1. The zero-order chi connectivity index (χ0) is 21.5. The fourth-order valence-corrected chi connectivity index (χ4v) is 3.93. The highest BCUT2D eigenvalue weighted by Crippen LogP contribution is 2.29. The Hall–Kier alpha value is -3.24. The number of fused-ring (bicyclic) bond motifs is 3. The monoisotopic (exact) mass is 439 g/mol. The van der Waals surface area contributed by atoms with Crippen LogP contribution >= 0.6 is 11.6 Å². The van der Waals surface area contributed by atoms with E-state index in [4.69, 9.17) is 26.7 Å². The molecule has 4 heterocycles. The number of aryl methyl sites for hydroxylation is 2. The van der Waals surface area contributed by atoms with Gasteiger partial charge in [-0.15, -0.1) is 5.10 Å². The van der Waals surface area contributed by atoms with Crippen LogP contribution < -0.4 is 16.0 Å². The molecule has 0 radical (unpaired) electrons. The van der Waals surface area contributed by atoms with Crippen molar-refractivity contribution in [2.24, 2.45) is 0 Å². The van der Waals surface area contributed by atoms with Crippen LogP contribution in [0, 0.1) is 6.92 Å². The van der Waals surface area contributed by atoms with Gasteiger partial charge >= 0.3 is 0 Å². The van der Waals surface area contributed by atoms with Crippen LogP contribution in [0.3, 0.4) is 0 Å². The molecule has 11 heteroatoms. The predicted octanol–water partition coefficient (Wildman–Crippen LogP) is 1.62. The Kier molecular flexibility index (Phi) is 4.95. The fraction of sp³-hybridized carbons (Fsp3) is 0.350. The molecule has 0 aliphatic carbocycles. The Morgan fingerprint density at radius 1 is 1.26 bits per heavy atom. The van der Waals surface area contributed by atoms with E-state index in [1.807, 2.05) is 36.9 Å². The largest absolute Gasteiger partial charge is 0.353 e. The van der Waals surface area contributed by atoms with Crippen LogP contribution in [0.5, 0.6) is 0 Å². The van der Waals surface area contributed by atoms with E-state index >= 15 is 0 Å². The van der Waals surface area contributed by atoms with Gasteiger partial charge < -0.3 is 16.0 Å². The second kappa shape index (κ2) is 7.78. The van der Waals surface area contributed by atoms with E-state index in [2.05, 4.69) is 21.0 Å². The highest BCUT2D eigenvalue weighted by molar-refractivity contribution is 6.35. The van der Waals surface area contributed by atoms with Gasteiger partial charge in [0.15, 0.2) is 11.5 Å². The summed E-state index contributed by atoms with van der Waals surface area (Å²) in [7, 11) is 0. The van der Waals surface area contributed by atoms with Crippen molar-refractivity contribution in [2.75, 3.05) is 25.0 Å². The molecule has 1 amide bonds. The number of anilines is 1. The molecular formula is C20H22ClN9O. The number of rotatable bonds is 4. The van der Waals surface area contributed by atoms with Gasteiger partial charge in [-0.2, -0.15) is 9.61 Å². The van der Waals surface area contributed by atoms with Crippen LogP contribution in [-0.4, -0.2) is 60.9 Å². The van der Waals surface area contributed by atoms with Gasteiger partial charge in [0.1, 0.15) is 6.04 Å². The molecule has 0 bridgehead atoms. The summed E-state index contributed by atoms with van der Waals surface area (Å²) < 4.78 is 3.49. The van der Waals surface area contributed by atoms with Gasteiger partial charge in [0.2, 0.25) is 11.9 Å². The van der Waals surface area contributed by atoms with E-state index in [9.17, 15) is 4.79 Å². The summed E-state index contributed by atoms with van der Waals surface area (Å²) in [6.45, 7) is 6.48. The van der Waals surface area contributed by atoms with Crippen LogP contribution in [0.25, 0.3) is 27.9 Å². The third-order valence-corrected chi connectivity index (χ3v) is 5.64. The maximum atomic E-state index is 12.5. The number of nitrogens with one attached hydrogen (secondary N) is 3. The van der Waals surface area contributed by atoms with Crippen molar-refractivity contribution < 1.29 is 4.79 Å². The first-order chi connectivity index (χ1) is 15.0. The van der Waals surface area contributed by atoms with E-state index in [1.165, 1.54) is 0 Å². The predicted molar refractivity (Wildman–Crippen MR) is 118 cm³/mol. The Bertz CT molecular complexity index is 1300. The highest BCUT2D eigenvalue weighted by atomic mass is 35.5. The first-order valence-corrected chi connectivity index (χ1v) is 10.6. The lowest BCUT2D eigenvalue weighted by Crippen LogP contribution is -2.42. The number of para-hydroxylation sites is 1. The molecule has 10 nitrogen and oxygen atoms in total. The third-order valence-electron chi connectivity index (χ3n) is 5.33. The van der Waals surface area contributed by atoms with Crippen molar-refractivity contribution in [3.8, 4) is 11.4 Å². The second-order valence-electron chi connectivity index (χ2n) is 7.42. The van der Waals surface area contributed by atoms with Crippen molar-refractivity contribution in [3.63, 3.8) is 0 Å².